The minimum atomic E-state index is -3.45. The van der Waals surface area contributed by atoms with Crippen LogP contribution in [0.3, 0.4) is 0 Å². The molecular weight excluding hydrogens is 460 g/mol. The Balaban J connectivity index is 1.22. The van der Waals surface area contributed by atoms with E-state index in [4.69, 9.17) is 16.3 Å². The maximum absolute atomic E-state index is 12.7. The molecule has 174 valence electrons. The van der Waals surface area contributed by atoms with Gasteiger partial charge in [-0.25, -0.2) is 12.7 Å². The first-order chi connectivity index (χ1) is 15.9. The van der Waals surface area contributed by atoms with Gasteiger partial charge < -0.3 is 10.1 Å². The van der Waals surface area contributed by atoms with E-state index in [-0.39, 0.29) is 17.6 Å². The molecule has 0 spiro atoms. The number of hydrogen-bond donors (Lipinski definition) is 1. The first-order valence-corrected chi connectivity index (χ1v) is 13.0. The Bertz CT molecular complexity index is 1220. The van der Waals surface area contributed by atoms with Crippen LogP contribution in [-0.4, -0.2) is 44.9 Å². The van der Waals surface area contributed by atoms with E-state index in [2.05, 4.69) is 5.32 Å². The Labute approximate surface area is 199 Å². The molecule has 0 saturated carbocycles. The molecule has 0 bridgehead atoms. The Morgan fingerprint density at radius 2 is 1.76 bits per heavy atom. The average Bonchev–Trinajstić information content (AvgIpc) is 2.81. The van der Waals surface area contributed by atoms with Crippen LogP contribution >= 0.6 is 11.6 Å². The van der Waals surface area contributed by atoms with Crippen LogP contribution in [0, 0.1) is 5.92 Å². The van der Waals surface area contributed by atoms with Crippen LogP contribution in [0.2, 0.25) is 5.02 Å². The zero-order valence-electron chi connectivity index (χ0n) is 18.2. The third-order valence-electron chi connectivity index (χ3n) is 5.86. The number of nitrogens with one attached hydrogen (secondary N) is 1. The first kappa shape index (κ1) is 23.5. The summed E-state index contributed by atoms with van der Waals surface area (Å²) in [5, 5.41) is 5.59. The van der Waals surface area contributed by atoms with E-state index in [9.17, 15) is 13.2 Å². The second-order valence-corrected chi connectivity index (χ2v) is 10.6. The van der Waals surface area contributed by atoms with Gasteiger partial charge in [0.1, 0.15) is 12.4 Å². The van der Waals surface area contributed by atoms with Gasteiger partial charge in [-0.05, 0) is 42.0 Å². The van der Waals surface area contributed by atoms with Crippen molar-refractivity contribution in [2.45, 2.75) is 18.6 Å². The Hall–Kier alpha value is -2.61. The summed E-state index contributed by atoms with van der Waals surface area (Å²) in [7, 11) is -3.45. The van der Waals surface area contributed by atoms with E-state index in [1.807, 2.05) is 42.5 Å². The Morgan fingerprint density at radius 3 is 2.55 bits per heavy atom. The smallest absolute Gasteiger partial charge is 0.223 e. The Kier molecular flexibility index (Phi) is 7.53. The summed E-state index contributed by atoms with van der Waals surface area (Å²) in [6, 6.07) is 20.8. The van der Waals surface area contributed by atoms with Crippen LogP contribution in [0.4, 0.5) is 0 Å². The van der Waals surface area contributed by atoms with Crippen molar-refractivity contribution in [3.05, 3.63) is 77.3 Å². The zero-order chi connectivity index (χ0) is 23.3. The summed E-state index contributed by atoms with van der Waals surface area (Å²) in [5.74, 6) is 0.458. The summed E-state index contributed by atoms with van der Waals surface area (Å²) < 4.78 is 32.8. The van der Waals surface area contributed by atoms with Gasteiger partial charge in [-0.15, -0.1) is 0 Å². The van der Waals surface area contributed by atoms with Crippen molar-refractivity contribution in [3.63, 3.8) is 0 Å². The minimum Gasteiger partial charge on any atom is -0.491 e. The number of sulfonamides is 1. The number of halogens is 1. The quantitative estimate of drug-likeness (QED) is 0.483. The average molecular weight is 487 g/mol. The highest BCUT2D eigenvalue weighted by atomic mass is 35.5. The number of nitrogens with zero attached hydrogens (tertiary/aromatic N) is 1. The van der Waals surface area contributed by atoms with Crippen molar-refractivity contribution in [1.82, 2.24) is 9.62 Å². The van der Waals surface area contributed by atoms with Gasteiger partial charge in [0.15, 0.2) is 0 Å². The molecule has 33 heavy (non-hydrogen) atoms. The lowest BCUT2D eigenvalue weighted by Gasteiger charge is -2.30. The van der Waals surface area contributed by atoms with Crippen LogP contribution in [0.25, 0.3) is 10.8 Å². The van der Waals surface area contributed by atoms with Crippen molar-refractivity contribution in [2.24, 2.45) is 5.92 Å². The topological polar surface area (TPSA) is 75.7 Å². The van der Waals surface area contributed by atoms with Gasteiger partial charge in [0.2, 0.25) is 15.9 Å². The SMILES string of the molecule is O=C(NCCOc1cccc2ccccc12)C1CCN(S(=O)(=O)Cc2cccc(Cl)c2)CC1. The van der Waals surface area contributed by atoms with Crippen LogP contribution in [-0.2, 0) is 20.6 Å². The van der Waals surface area contributed by atoms with Crippen molar-refractivity contribution >= 4 is 38.3 Å². The molecule has 3 aromatic rings. The fourth-order valence-corrected chi connectivity index (χ4v) is 5.89. The predicted octanol–water partition coefficient (Wildman–Crippen LogP) is 4.23. The highest BCUT2D eigenvalue weighted by Crippen LogP contribution is 2.25. The number of carbonyl (C=O) groups excluding carboxylic acids is 1. The highest BCUT2D eigenvalue weighted by molar-refractivity contribution is 7.88. The van der Waals surface area contributed by atoms with E-state index >= 15 is 0 Å². The van der Waals surface area contributed by atoms with E-state index in [1.165, 1.54) is 4.31 Å². The van der Waals surface area contributed by atoms with E-state index in [0.717, 1.165) is 16.5 Å². The third kappa shape index (κ3) is 6.05. The number of hydrogen-bond acceptors (Lipinski definition) is 4. The molecule has 4 rings (SSSR count). The van der Waals surface area contributed by atoms with Gasteiger partial charge in [-0.2, -0.15) is 0 Å². The van der Waals surface area contributed by atoms with Gasteiger partial charge in [0.05, 0.1) is 12.3 Å². The molecule has 1 fully saturated rings. The van der Waals surface area contributed by atoms with Crippen molar-refractivity contribution in [2.75, 3.05) is 26.2 Å². The molecule has 3 aromatic carbocycles. The summed E-state index contributed by atoms with van der Waals surface area (Å²) in [4.78, 5) is 12.6. The van der Waals surface area contributed by atoms with Gasteiger partial charge in [-0.3, -0.25) is 4.79 Å². The number of carbonyl (C=O) groups is 1. The maximum atomic E-state index is 12.7. The van der Waals surface area contributed by atoms with Gasteiger partial charge in [0, 0.05) is 29.4 Å². The lowest BCUT2D eigenvalue weighted by molar-refractivity contribution is -0.126. The molecule has 1 aliphatic heterocycles. The lowest BCUT2D eigenvalue weighted by Crippen LogP contribution is -2.43. The molecule has 6 nitrogen and oxygen atoms in total. The number of amides is 1. The molecule has 0 radical (unpaired) electrons. The number of fused-ring (bicyclic) bond motifs is 1. The minimum absolute atomic E-state index is 0.0524. The molecule has 1 heterocycles. The van der Waals surface area contributed by atoms with Crippen LogP contribution < -0.4 is 10.1 Å². The van der Waals surface area contributed by atoms with E-state index in [1.54, 1.807) is 24.3 Å². The van der Waals surface area contributed by atoms with E-state index < -0.39 is 10.0 Å². The number of piperidine rings is 1. The molecule has 1 saturated heterocycles. The summed E-state index contributed by atoms with van der Waals surface area (Å²) in [6.07, 6.45) is 1.01. The molecule has 0 atom stereocenters. The molecule has 1 amide bonds. The number of ether oxygens (including phenoxy) is 1. The normalized spacial score (nSPS) is 15.4. The van der Waals surface area contributed by atoms with Crippen molar-refractivity contribution in [1.29, 1.82) is 0 Å². The summed E-state index contributed by atoms with van der Waals surface area (Å²) in [5.41, 5.74) is 0.661. The fourth-order valence-electron chi connectivity index (χ4n) is 4.13. The first-order valence-electron chi connectivity index (χ1n) is 11.0. The van der Waals surface area contributed by atoms with Crippen LogP contribution in [0.15, 0.2) is 66.7 Å². The van der Waals surface area contributed by atoms with Crippen molar-refractivity contribution < 1.29 is 17.9 Å². The molecule has 1 N–H and O–H groups in total. The van der Waals surface area contributed by atoms with Gasteiger partial charge >= 0.3 is 0 Å². The monoisotopic (exact) mass is 486 g/mol. The lowest BCUT2D eigenvalue weighted by atomic mass is 9.97. The standard InChI is InChI=1S/C25H27ClN2O4S/c26-22-8-3-5-19(17-22)18-33(30,31)28-14-11-21(12-15-28)25(29)27-13-16-32-24-10-4-7-20-6-1-2-9-23(20)24/h1-10,17,21H,11-16,18H2,(H,27,29). The number of rotatable bonds is 8. The third-order valence-corrected chi connectivity index (χ3v) is 7.95. The molecule has 1 aliphatic rings. The molecule has 0 aliphatic carbocycles. The van der Waals surface area contributed by atoms with Crippen LogP contribution in [0.1, 0.15) is 18.4 Å². The van der Waals surface area contributed by atoms with Crippen molar-refractivity contribution in [3.8, 4) is 5.75 Å². The molecule has 0 unspecified atom stereocenters. The molecule has 8 heteroatoms. The Morgan fingerprint density at radius 1 is 1.03 bits per heavy atom. The molecular formula is C25H27ClN2O4S. The van der Waals surface area contributed by atoms with Gasteiger partial charge in [0.25, 0.3) is 0 Å². The molecule has 0 aromatic heterocycles. The highest BCUT2D eigenvalue weighted by Gasteiger charge is 2.31. The summed E-state index contributed by atoms with van der Waals surface area (Å²) in [6.45, 7) is 1.45. The maximum Gasteiger partial charge on any atom is 0.223 e. The van der Waals surface area contributed by atoms with E-state index in [0.29, 0.717) is 49.7 Å². The van der Waals surface area contributed by atoms with Crippen LogP contribution in [0.5, 0.6) is 5.75 Å². The number of benzene rings is 3. The largest absolute Gasteiger partial charge is 0.491 e. The fraction of sp³-hybridized carbons (Fsp3) is 0.320. The second kappa shape index (κ2) is 10.5. The summed E-state index contributed by atoms with van der Waals surface area (Å²) >= 11 is 5.96. The predicted molar refractivity (Wildman–Crippen MR) is 131 cm³/mol. The second-order valence-electron chi connectivity index (χ2n) is 8.18. The van der Waals surface area contributed by atoms with Gasteiger partial charge in [-0.1, -0.05) is 60.1 Å². The zero-order valence-corrected chi connectivity index (χ0v) is 19.8.